The minimum absolute atomic E-state index is 0.0813. The van der Waals surface area contributed by atoms with Crippen molar-refractivity contribution < 1.29 is 13.2 Å². The summed E-state index contributed by atoms with van der Waals surface area (Å²) in [5.74, 6) is -2.83. The quantitative estimate of drug-likeness (QED) is 0.278. The number of rotatable bonds is 7. The maximum absolute atomic E-state index is 13.6. The van der Waals surface area contributed by atoms with Crippen molar-refractivity contribution in [1.29, 1.82) is 0 Å². The molecule has 216 valence electrons. The van der Waals surface area contributed by atoms with Crippen LogP contribution in [-0.4, -0.2) is 40.9 Å². The van der Waals surface area contributed by atoms with E-state index in [-0.39, 0.29) is 18.8 Å². The van der Waals surface area contributed by atoms with Crippen LogP contribution in [0.5, 0.6) is 0 Å². The first-order valence-corrected chi connectivity index (χ1v) is 13.5. The van der Waals surface area contributed by atoms with Gasteiger partial charge in [-0.25, -0.2) is 13.2 Å². The summed E-state index contributed by atoms with van der Waals surface area (Å²) in [6.07, 6.45) is 7.95. The van der Waals surface area contributed by atoms with E-state index in [1.165, 1.54) is 36.5 Å². The van der Waals surface area contributed by atoms with Crippen LogP contribution in [0.15, 0.2) is 92.0 Å². The van der Waals surface area contributed by atoms with Crippen molar-refractivity contribution >= 4 is 0 Å². The summed E-state index contributed by atoms with van der Waals surface area (Å²) in [6.45, 7) is 5.91. The molecular formula is C33H38F3N5. The number of hydrogen-bond donors (Lipinski definition) is 2. The molecule has 8 heteroatoms. The number of likely N-dealkylation sites (tertiary alicyclic amines) is 1. The van der Waals surface area contributed by atoms with Crippen LogP contribution in [0.1, 0.15) is 39.9 Å². The van der Waals surface area contributed by atoms with Crippen LogP contribution in [-0.2, 0) is 19.4 Å². The number of aromatic nitrogens is 2. The minimum Gasteiger partial charge on any atom is -0.405 e. The number of hydrogen-bond acceptors (Lipinski definition) is 5. The molecule has 3 heterocycles. The van der Waals surface area contributed by atoms with Crippen LogP contribution < -0.4 is 11.5 Å². The fraction of sp³-hybridized carbons (Fsp3) is 0.273. The Balaban J connectivity index is 0.000000868. The van der Waals surface area contributed by atoms with Crippen LogP contribution in [0.2, 0.25) is 0 Å². The van der Waals surface area contributed by atoms with E-state index < -0.39 is 5.92 Å². The summed E-state index contributed by atoms with van der Waals surface area (Å²) in [4.78, 5) is 10.8. The molecule has 4 N–H and O–H groups in total. The van der Waals surface area contributed by atoms with Gasteiger partial charge >= 0.3 is 0 Å². The molecule has 1 aliphatic rings. The van der Waals surface area contributed by atoms with Crippen molar-refractivity contribution in [3.8, 4) is 11.1 Å². The second-order valence-electron chi connectivity index (χ2n) is 9.92. The monoisotopic (exact) mass is 561 g/mol. The highest BCUT2D eigenvalue weighted by molar-refractivity contribution is 5.65. The number of aryl methyl sites for hydroxylation is 1. The van der Waals surface area contributed by atoms with E-state index in [1.807, 2.05) is 30.6 Å². The van der Waals surface area contributed by atoms with Gasteiger partial charge in [0, 0.05) is 55.8 Å². The standard InChI is InChI=1S/C30H28F3N3.C2H5N.CH5N/c1-21-5-7-25(27-12-24(16-34-18-27)19-36-10-9-30(32,33)20-36)15-26(21)11-23-6-8-29(35-17-23)14-22-3-2-4-28(31)13-22;1-2-3;1-2/h2-8,12-13,15-18H,9-11,14,19-20H2,1H3;2H,1,3H2;2H2,1H3. The van der Waals surface area contributed by atoms with Gasteiger partial charge in [0.25, 0.3) is 5.92 Å². The number of pyridine rings is 2. The Bertz CT molecular complexity index is 1410. The SMILES string of the molecule is C=CN.CN.Cc1ccc(-c2cncc(CN3CCC(F)(F)C3)c2)cc1Cc1ccc(Cc2cccc(F)c2)nc1. The molecule has 1 aliphatic heterocycles. The van der Waals surface area contributed by atoms with Crippen LogP contribution in [0.25, 0.3) is 11.1 Å². The largest absolute Gasteiger partial charge is 0.405 e. The molecule has 0 spiro atoms. The third-order valence-electron chi connectivity index (χ3n) is 6.69. The van der Waals surface area contributed by atoms with Gasteiger partial charge in [-0.2, -0.15) is 0 Å². The first kappa shape index (κ1) is 31.5. The normalized spacial score (nSPS) is 13.9. The van der Waals surface area contributed by atoms with Crippen LogP contribution in [0, 0.1) is 12.7 Å². The number of halogens is 3. The Hall–Kier alpha value is -4.01. The highest BCUT2D eigenvalue weighted by Gasteiger charge is 2.37. The molecule has 4 aromatic rings. The van der Waals surface area contributed by atoms with Gasteiger partial charge in [0.15, 0.2) is 0 Å². The molecule has 1 fully saturated rings. The molecular weight excluding hydrogens is 523 g/mol. The van der Waals surface area contributed by atoms with Crippen molar-refractivity contribution in [3.05, 3.63) is 131 Å². The van der Waals surface area contributed by atoms with Gasteiger partial charge in [0.05, 0.1) is 6.54 Å². The summed E-state index contributed by atoms with van der Waals surface area (Å²) in [6, 6.07) is 19.0. The zero-order valence-corrected chi connectivity index (χ0v) is 23.7. The molecule has 5 nitrogen and oxygen atoms in total. The van der Waals surface area contributed by atoms with Gasteiger partial charge < -0.3 is 11.5 Å². The number of nitrogens with zero attached hydrogens (tertiary/aromatic N) is 3. The highest BCUT2D eigenvalue weighted by atomic mass is 19.3. The number of alkyl halides is 2. The lowest BCUT2D eigenvalue weighted by atomic mass is 9.96. The third kappa shape index (κ3) is 9.55. The Kier molecular flexibility index (Phi) is 11.6. The van der Waals surface area contributed by atoms with Crippen LogP contribution in [0.4, 0.5) is 13.2 Å². The first-order valence-electron chi connectivity index (χ1n) is 13.5. The fourth-order valence-electron chi connectivity index (χ4n) is 4.71. The minimum atomic E-state index is -2.59. The van der Waals surface area contributed by atoms with Gasteiger partial charge in [0.1, 0.15) is 5.82 Å². The second kappa shape index (κ2) is 15.1. The average molecular weight is 562 g/mol. The molecule has 2 aromatic carbocycles. The summed E-state index contributed by atoms with van der Waals surface area (Å²) >= 11 is 0. The predicted molar refractivity (Wildman–Crippen MR) is 160 cm³/mol. The molecule has 1 saturated heterocycles. The van der Waals surface area contributed by atoms with Crippen molar-refractivity contribution in [2.45, 2.75) is 38.7 Å². The Morgan fingerprint density at radius 3 is 2.37 bits per heavy atom. The van der Waals surface area contributed by atoms with Gasteiger partial charge in [-0.1, -0.05) is 43.0 Å². The first-order chi connectivity index (χ1) is 19.7. The van der Waals surface area contributed by atoms with E-state index in [2.05, 4.69) is 59.2 Å². The molecule has 0 saturated carbocycles. The van der Waals surface area contributed by atoms with Crippen molar-refractivity contribution in [2.24, 2.45) is 11.5 Å². The third-order valence-corrected chi connectivity index (χ3v) is 6.69. The smallest absolute Gasteiger partial charge is 0.261 e. The predicted octanol–water partition coefficient (Wildman–Crippen LogP) is 6.28. The molecule has 0 amide bonds. The maximum atomic E-state index is 13.6. The van der Waals surface area contributed by atoms with E-state index >= 15 is 0 Å². The molecule has 0 radical (unpaired) electrons. The second-order valence-corrected chi connectivity index (χ2v) is 9.92. The number of nitrogens with two attached hydrogens (primary N) is 2. The maximum Gasteiger partial charge on any atom is 0.261 e. The average Bonchev–Trinajstić information content (AvgIpc) is 3.30. The number of benzene rings is 2. The zero-order chi connectivity index (χ0) is 29.8. The lowest BCUT2D eigenvalue weighted by Gasteiger charge is -2.16. The van der Waals surface area contributed by atoms with Crippen molar-refractivity contribution in [3.63, 3.8) is 0 Å². The van der Waals surface area contributed by atoms with Gasteiger partial charge in [-0.05, 0) is 84.2 Å². The summed E-state index contributed by atoms with van der Waals surface area (Å²) in [5.41, 5.74) is 17.3. The fourth-order valence-corrected chi connectivity index (χ4v) is 4.71. The summed E-state index contributed by atoms with van der Waals surface area (Å²) in [7, 11) is 1.50. The molecule has 0 atom stereocenters. The topological polar surface area (TPSA) is 81.1 Å². The van der Waals surface area contributed by atoms with E-state index in [1.54, 1.807) is 17.2 Å². The molecule has 2 aromatic heterocycles. The molecule has 5 rings (SSSR count). The molecule has 41 heavy (non-hydrogen) atoms. The van der Waals surface area contributed by atoms with Crippen molar-refractivity contribution in [2.75, 3.05) is 20.1 Å². The lowest BCUT2D eigenvalue weighted by Crippen LogP contribution is -2.24. The Labute approximate surface area is 240 Å². The van der Waals surface area contributed by atoms with E-state index in [9.17, 15) is 13.2 Å². The Morgan fingerprint density at radius 2 is 1.71 bits per heavy atom. The van der Waals surface area contributed by atoms with Gasteiger partial charge in [0.2, 0.25) is 0 Å². The lowest BCUT2D eigenvalue weighted by molar-refractivity contribution is 0.0115. The van der Waals surface area contributed by atoms with Gasteiger partial charge in [-0.15, -0.1) is 0 Å². The van der Waals surface area contributed by atoms with E-state index in [0.29, 0.717) is 19.5 Å². The van der Waals surface area contributed by atoms with Crippen LogP contribution in [0.3, 0.4) is 0 Å². The summed E-state index contributed by atoms with van der Waals surface area (Å²) < 4.78 is 40.6. The van der Waals surface area contributed by atoms with E-state index in [0.717, 1.165) is 39.9 Å². The Morgan fingerprint density at radius 1 is 0.927 bits per heavy atom. The molecule has 0 unspecified atom stereocenters. The van der Waals surface area contributed by atoms with Crippen molar-refractivity contribution in [1.82, 2.24) is 14.9 Å². The molecule has 0 bridgehead atoms. The van der Waals surface area contributed by atoms with Crippen LogP contribution >= 0.6 is 0 Å². The van der Waals surface area contributed by atoms with Gasteiger partial charge in [-0.3, -0.25) is 14.9 Å². The highest BCUT2D eigenvalue weighted by Crippen LogP contribution is 2.29. The van der Waals surface area contributed by atoms with E-state index in [4.69, 9.17) is 0 Å². The zero-order valence-electron chi connectivity index (χ0n) is 23.7. The molecule has 0 aliphatic carbocycles. The summed E-state index contributed by atoms with van der Waals surface area (Å²) in [5, 5.41) is 0.